The van der Waals surface area contributed by atoms with Gasteiger partial charge in [0.1, 0.15) is 12.4 Å². The maximum atomic E-state index is 13.5. The summed E-state index contributed by atoms with van der Waals surface area (Å²) in [6.07, 6.45) is 2.31. The fourth-order valence-corrected chi connectivity index (χ4v) is 2.86. The number of amides is 1. The third-order valence-electron chi connectivity index (χ3n) is 4.17. The molecule has 132 valence electrons. The average Bonchev–Trinajstić information content (AvgIpc) is 2.54. The summed E-state index contributed by atoms with van der Waals surface area (Å²) in [5, 5.41) is 11.8. The predicted octanol–water partition coefficient (Wildman–Crippen LogP) is 2.74. The Balaban J connectivity index is 1.82. The third kappa shape index (κ3) is 4.91. The van der Waals surface area contributed by atoms with Crippen molar-refractivity contribution in [2.75, 3.05) is 6.61 Å². The molecule has 0 radical (unpaired) electrons. The quantitative estimate of drug-likeness (QED) is 0.834. The molecule has 1 aliphatic carbocycles. The number of halogens is 2. The van der Waals surface area contributed by atoms with E-state index in [-0.39, 0.29) is 30.2 Å². The van der Waals surface area contributed by atoms with Gasteiger partial charge in [-0.15, -0.1) is 0 Å². The average molecular weight is 341 g/mol. The lowest BCUT2D eigenvalue weighted by Gasteiger charge is -2.27. The van der Waals surface area contributed by atoms with E-state index in [9.17, 15) is 18.4 Å². The van der Waals surface area contributed by atoms with E-state index in [1.807, 2.05) is 0 Å². The molecule has 0 aromatic heterocycles. The Kier molecular flexibility index (Phi) is 6.11. The SMILES string of the molecule is CC(COc1ccc(F)cc1F)NC(=O)C1CCCC(C(=O)O)C1. The number of hydrogen-bond donors (Lipinski definition) is 2. The van der Waals surface area contributed by atoms with Gasteiger partial charge in [0.15, 0.2) is 11.6 Å². The van der Waals surface area contributed by atoms with Gasteiger partial charge in [-0.3, -0.25) is 9.59 Å². The van der Waals surface area contributed by atoms with Crippen molar-refractivity contribution in [1.29, 1.82) is 0 Å². The van der Waals surface area contributed by atoms with Crippen molar-refractivity contribution < 1.29 is 28.2 Å². The number of rotatable bonds is 6. The van der Waals surface area contributed by atoms with Gasteiger partial charge in [-0.25, -0.2) is 8.78 Å². The Morgan fingerprint density at radius 2 is 2.04 bits per heavy atom. The number of carbonyl (C=O) groups is 2. The minimum absolute atomic E-state index is 0.0311. The van der Waals surface area contributed by atoms with Gasteiger partial charge in [0, 0.05) is 12.0 Å². The van der Waals surface area contributed by atoms with Gasteiger partial charge in [-0.1, -0.05) is 6.42 Å². The molecule has 5 nitrogen and oxygen atoms in total. The Morgan fingerprint density at radius 1 is 1.33 bits per heavy atom. The van der Waals surface area contributed by atoms with Gasteiger partial charge in [-0.05, 0) is 38.3 Å². The fraction of sp³-hybridized carbons (Fsp3) is 0.529. The largest absolute Gasteiger partial charge is 0.488 e. The van der Waals surface area contributed by atoms with Crippen molar-refractivity contribution >= 4 is 11.9 Å². The maximum absolute atomic E-state index is 13.5. The molecular formula is C17H21F2NO4. The molecule has 3 atom stereocenters. The molecule has 0 aliphatic heterocycles. The van der Waals surface area contributed by atoms with Gasteiger partial charge in [0.05, 0.1) is 12.0 Å². The van der Waals surface area contributed by atoms with Crippen LogP contribution in [0.1, 0.15) is 32.6 Å². The second kappa shape index (κ2) is 8.08. The standard InChI is InChI=1S/C17H21F2NO4/c1-10(9-24-15-6-5-13(18)8-14(15)19)20-16(21)11-3-2-4-12(7-11)17(22)23/h5-6,8,10-12H,2-4,7,9H2,1H3,(H,20,21)(H,22,23). The van der Waals surface area contributed by atoms with Crippen LogP contribution in [0.2, 0.25) is 0 Å². The van der Waals surface area contributed by atoms with Crippen LogP contribution in [0.3, 0.4) is 0 Å². The molecule has 1 fully saturated rings. The van der Waals surface area contributed by atoms with Crippen molar-refractivity contribution in [3.8, 4) is 5.75 Å². The van der Waals surface area contributed by atoms with Crippen molar-refractivity contribution in [2.45, 2.75) is 38.6 Å². The van der Waals surface area contributed by atoms with Crippen LogP contribution >= 0.6 is 0 Å². The minimum Gasteiger partial charge on any atom is -0.488 e. The van der Waals surface area contributed by atoms with Gasteiger partial charge < -0.3 is 15.2 Å². The monoisotopic (exact) mass is 341 g/mol. The van der Waals surface area contributed by atoms with E-state index in [2.05, 4.69) is 5.32 Å². The fourth-order valence-electron chi connectivity index (χ4n) is 2.86. The highest BCUT2D eigenvalue weighted by Gasteiger charge is 2.31. The number of benzene rings is 1. The summed E-state index contributed by atoms with van der Waals surface area (Å²) in [6, 6.07) is 2.63. The molecule has 0 heterocycles. The number of ether oxygens (including phenoxy) is 1. The summed E-state index contributed by atoms with van der Waals surface area (Å²) < 4.78 is 31.5. The van der Waals surface area contributed by atoms with Crippen molar-refractivity contribution in [3.05, 3.63) is 29.8 Å². The summed E-state index contributed by atoms with van der Waals surface area (Å²) in [4.78, 5) is 23.3. The zero-order valence-corrected chi connectivity index (χ0v) is 13.4. The van der Waals surface area contributed by atoms with E-state index in [0.29, 0.717) is 25.7 Å². The first kappa shape index (κ1) is 18.2. The molecule has 3 unspecified atom stereocenters. The van der Waals surface area contributed by atoms with E-state index in [1.54, 1.807) is 6.92 Å². The molecule has 2 N–H and O–H groups in total. The summed E-state index contributed by atoms with van der Waals surface area (Å²) in [7, 11) is 0. The molecule has 1 aromatic rings. The summed E-state index contributed by atoms with van der Waals surface area (Å²) in [6.45, 7) is 1.74. The zero-order valence-electron chi connectivity index (χ0n) is 13.4. The topological polar surface area (TPSA) is 75.6 Å². The van der Waals surface area contributed by atoms with E-state index >= 15 is 0 Å². The first-order chi connectivity index (χ1) is 11.4. The summed E-state index contributed by atoms with van der Waals surface area (Å²) in [5.74, 6) is -3.45. The molecular weight excluding hydrogens is 320 g/mol. The normalized spacial score (nSPS) is 21.8. The van der Waals surface area contributed by atoms with Crippen LogP contribution in [0.5, 0.6) is 5.75 Å². The van der Waals surface area contributed by atoms with Gasteiger partial charge >= 0.3 is 5.97 Å². The van der Waals surface area contributed by atoms with E-state index in [0.717, 1.165) is 12.1 Å². The second-order valence-corrected chi connectivity index (χ2v) is 6.19. The predicted molar refractivity (Wildman–Crippen MR) is 82.5 cm³/mol. The molecule has 1 saturated carbocycles. The Morgan fingerprint density at radius 3 is 2.71 bits per heavy atom. The van der Waals surface area contributed by atoms with E-state index in [4.69, 9.17) is 9.84 Å². The molecule has 1 aromatic carbocycles. The lowest BCUT2D eigenvalue weighted by Crippen LogP contribution is -2.42. The Labute approximate surface area is 139 Å². The van der Waals surface area contributed by atoms with Gasteiger partial charge in [0.25, 0.3) is 0 Å². The van der Waals surface area contributed by atoms with Crippen LogP contribution in [0.4, 0.5) is 8.78 Å². The van der Waals surface area contributed by atoms with Gasteiger partial charge in [-0.2, -0.15) is 0 Å². The van der Waals surface area contributed by atoms with Crippen LogP contribution in [0.15, 0.2) is 18.2 Å². The maximum Gasteiger partial charge on any atom is 0.306 e. The molecule has 0 bridgehead atoms. The molecule has 2 rings (SSSR count). The molecule has 1 aliphatic rings. The first-order valence-electron chi connectivity index (χ1n) is 7.98. The highest BCUT2D eigenvalue weighted by atomic mass is 19.1. The Bertz CT molecular complexity index is 608. The van der Waals surface area contributed by atoms with E-state index < -0.39 is 23.5 Å². The molecule has 0 saturated heterocycles. The highest BCUT2D eigenvalue weighted by molar-refractivity contribution is 5.80. The number of aliphatic carboxylic acids is 1. The van der Waals surface area contributed by atoms with Crippen LogP contribution in [-0.4, -0.2) is 29.6 Å². The lowest BCUT2D eigenvalue weighted by molar-refractivity contribution is -0.144. The second-order valence-electron chi connectivity index (χ2n) is 6.19. The van der Waals surface area contributed by atoms with Gasteiger partial charge in [0.2, 0.25) is 5.91 Å². The molecule has 1 amide bonds. The molecule has 24 heavy (non-hydrogen) atoms. The first-order valence-corrected chi connectivity index (χ1v) is 7.98. The smallest absolute Gasteiger partial charge is 0.306 e. The van der Waals surface area contributed by atoms with Crippen LogP contribution in [-0.2, 0) is 9.59 Å². The minimum atomic E-state index is -0.865. The third-order valence-corrected chi connectivity index (χ3v) is 4.17. The van der Waals surface area contributed by atoms with Crippen LogP contribution < -0.4 is 10.1 Å². The number of hydrogen-bond acceptors (Lipinski definition) is 3. The van der Waals surface area contributed by atoms with Crippen LogP contribution in [0, 0.1) is 23.5 Å². The van der Waals surface area contributed by atoms with Crippen molar-refractivity contribution in [1.82, 2.24) is 5.32 Å². The number of nitrogens with one attached hydrogen (secondary N) is 1. The summed E-state index contributed by atoms with van der Waals surface area (Å²) >= 11 is 0. The highest BCUT2D eigenvalue weighted by Crippen LogP contribution is 2.29. The zero-order chi connectivity index (χ0) is 17.7. The van der Waals surface area contributed by atoms with E-state index in [1.165, 1.54) is 6.07 Å². The number of carboxylic acid groups (broad SMARTS) is 1. The van der Waals surface area contributed by atoms with Crippen LogP contribution in [0.25, 0.3) is 0 Å². The Hall–Kier alpha value is -2.18. The number of carboxylic acids is 1. The molecule has 0 spiro atoms. The summed E-state index contributed by atoms with van der Waals surface area (Å²) in [5.41, 5.74) is 0. The van der Waals surface area contributed by atoms with Crippen molar-refractivity contribution in [3.63, 3.8) is 0 Å². The molecule has 7 heteroatoms. The van der Waals surface area contributed by atoms with Crippen molar-refractivity contribution in [2.24, 2.45) is 11.8 Å². The number of carbonyl (C=O) groups excluding carboxylic acids is 1. The lowest BCUT2D eigenvalue weighted by atomic mass is 9.81.